The molecule has 4 N–H and O–H groups in total. The lowest BCUT2D eigenvalue weighted by Gasteiger charge is -2.26. The van der Waals surface area contributed by atoms with Gasteiger partial charge in [0, 0.05) is 49.9 Å². The summed E-state index contributed by atoms with van der Waals surface area (Å²) < 4.78 is 23.5. The molecule has 0 unspecified atom stereocenters. The molecule has 0 amide bonds. The fraction of sp³-hybridized carbons (Fsp3) is 0.310. The minimum Gasteiger partial charge on any atom is -0.507 e. The largest absolute Gasteiger partial charge is 0.507 e. The first-order valence-electron chi connectivity index (χ1n) is 24.8. The van der Waals surface area contributed by atoms with Gasteiger partial charge in [-0.25, -0.2) is 9.59 Å². The molecule has 18 heteroatoms. The van der Waals surface area contributed by atoms with Gasteiger partial charge in [-0.15, -0.1) is 0 Å². The predicted octanol–water partition coefficient (Wildman–Crippen LogP) is 11.0. The number of nitrogens with one attached hydrogen (secondary N) is 2. The molecule has 1 aliphatic rings. The number of aromatic hydroxyl groups is 2. The van der Waals surface area contributed by atoms with Gasteiger partial charge in [-0.3, -0.25) is 31.1 Å². The lowest BCUT2D eigenvalue weighted by molar-refractivity contribution is -0.385. The molecule has 0 heterocycles. The normalized spacial score (nSPS) is 12.5. The number of phenols is 2. The zero-order valence-electron chi connectivity index (χ0n) is 43.8. The van der Waals surface area contributed by atoms with E-state index in [-0.39, 0.29) is 61.8 Å². The summed E-state index contributed by atoms with van der Waals surface area (Å²) in [6.45, 7) is 15.2. The Balaban J connectivity index is 1.48. The Morgan fingerprint density at radius 1 is 0.539 bits per heavy atom. The van der Waals surface area contributed by atoms with Crippen LogP contribution >= 0.6 is 0 Å². The van der Waals surface area contributed by atoms with Gasteiger partial charge in [-0.05, 0) is 140 Å². The summed E-state index contributed by atoms with van der Waals surface area (Å²) in [5, 5.41) is 56.7. The molecule has 0 saturated carbocycles. The molecule has 0 spiro atoms. The quantitative estimate of drug-likeness (QED) is 0.0304. The minimum atomic E-state index is -0.592. The second-order valence-electron chi connectivity index (χ2n) is 20.4. The van der Waals surface area contributed by atoms with Crippen molar-refractivity contribution >= 4 is 47.1 Å². The number of hydrogen-bond acceptors (Lipinski definition) is 16. The number of fused-ring (bicyclic) bond motifs is 8. The highest BCUT2D eigenvalue weighted by Crippen LogP contribution is 2.42. The van der Waals surface area contributed by atoms with Crippen molar-refractivity contribution < 1.29 is 48.6 Å². The third-order valence-electron chi connectivity index (χ3n) is 12.6. The van der Waals surface area contributed by atoms with Gasteiger partial charge >= 0.3 is 11.9 Å². The lowest BCUT2D eigenvalue weighted by Crippen LogP contribution is -2.18. The fourth-order valence-corrected chi connectivity index (χ4v) is 8.70. The lowest BCUT2D eigenvalue weighted by atomic mass is 9.81. The molecule has 18 nitrogen and oxygen atoms in total. The van der Waals surface area contributed by atoms with Crippen LogP contribution < -0.4 is 20.3 Å². The van der Waals surface area contributed by atoms with Gasteiger partial charge in [0.25, 0.3) is 11.4 Å². The number of benzene rings is 6. The van der Waals surface area contributed by atoms with Crippen molar-refractivity contribution in [1.82, 2.24) is 0 Å². The maximum absolute atomic E-state index is 13.0. The Bertz CT molecular complexity index is 2900. The molecule has 0 aromatic heterocycles. The van der Waals surface area contributed by atoms with E-state index in [0.29, 0.717) is 78.5 Å². The molecule has 396 valence electrons. The Labute approximate surface area is 440 Å². The zero-order valence-corrected chi connectivity index (χ0v) is 43.8. The van der Waals surface area contributed by atoms with E-state index < -0.39 is 45.8 Å². The number of phenolic OH excluding ortho intramolecular Hbond substituents is 2. The maximum atomic E-state index is 13.0. The van der Waals surface area contributed by atoms with Crippen molar-refractivity contribution in [1.29, 1.82) is 0 Å². The number of carbonyl (C=O) groups excluding carboxylic acids is 2. The van der Waals surface area contributed by atoms with Gasteiger partial charge in [0.1, 0.15) is 23.0 Å². The number of esters is 2. The Morgan fingerprint density at radius 3 is 1.11 bits per heavy atom. The highest BCUT2D eigenvalue weighted by atomic mass is 16.6. The van der Waals surface area contributed by atoms with Gasteiger partial charge in [0.2, 0.25) is 0 Å². The molecule has 1 aliphatic carbocycles. The standard InChI is InChI=1S/C58H62N6O12/c1-9-73-51(65)33-75-55-41-23-37-19-35(31-59-61-47-11-15-49(16-12-47)63(69)70)21-39(53(37)67)25-43-29-46(58(6,7)8)30-44(56(43)76-34-52(66)74-10-2)26-40-22-36(32-60-62-48-13-17-50(18-14-48)64(71)72)20-38(54(40)68)24-42(55)28-45(27-41)57(3,4)5/h11-22,27-32,61-62,67-68H,9-10,23-26,33-34H2,1-8H3. The van der Waals surface area contributed by atoms with E-state index in [4.69, 9.17) is 18.9 Å². The molecule has 0 saturated heterocycles. The average Bonchev–Trinajstić information content (AvgIpc) is 3.35. The van der Waals surface area contributed by atoms with E-state index in [0.717, 1.165) is 11.1 Å². The molecular formula is C58H62N6O12. The molecular weight excluding hydrogens is 973 g/mol. The van der Waals surface area contributed by atoms with E-state index in [1.165, 1.54) is 24.3 Å². The van der Waals surface area contributed by atoms with E-state index in [9.17, 15) is 40.0 Å². The summed E-state index contributed by atoms with van der Waals surface area (Å²) in [7, 11) is 0. The van der Waals surface area contributed by atoms with E-state index in [1.807, 2.05) is 24.3 Å². The van der Waals surface area contributed by atoms with Crippen LogP contribution in [0.5, 0.6) is 23.0 Å². The average molecular weight is 1040 g/mol. The van der Waals surface area contributed by atoms with E-state index in [1.54, 1.807) is 74.8 Å². The third kappa shape index (κ3) is 13.9. The van der Waals surface area contributed by atoms with Gasteiger partial charge in [0.15, 0.2) is 13.2 Å². The zero-order chi connectivity index (χ0) is 54.9. The van der Waals surface area contributed by atoms with Crippen LogP contribution in [0.1, 0.15) is 122 Å². The number of non-ortho nitro benzene ring substituents is 2. The summed E-state index contributed by atoms with van der Waals surface area (Å²) in [6.07, 6.45) is 3.50. The fourth-order valence-electron chi connectivity index (χ4n) is 8.70. The van der Waals surface area contributed by atoms with Gasteiger partial charge in [-0.1, -0.05) is 65.8 Å². The summed E-state index contributed by atoms with van der Waals surface area (Å²) in [5.74, 6) is -0.540. The van der Waals surface area contributed by atoms with Gasteiger partial charge in [0.05, 0.1) is 46.9 Å². The molecule has 8 bridgehead atoms. The number of nitrogens with zero attached hydrogens (tertiary/aromatic N) is 4. The Hall–Kier alpha value is -8.80. The monoisotopic (exact) mass is 1030 g/mol. The molecule has 6 aromatic carbocycles. The number of rotatable bonds is 16. The summed E-state index contributed by atoms with van der Waals surface area (Å²) >= 11 is 0. The molecule has 0 aliphatic heterocycles. The number of ether oxygens (including phenoxy) is 4. The predicted molar refractivity (Wildman–Crippen MR) is 291 cm³/mol. The third-order valence-corrected chi connectivity index (χ3v) is 12.6. The summed E-state index contributed by atoms with van der Waals surface area (Å²) in [4.78, 5) is 47.7. The molecule has 76 heavy (non-hydrogen) atoms. The summed E-state index contributed by atoms with van der Waals surface area (Å²) in [6, 6.07) is 26.8. The Morgan fingerprint density at radius 2 is 0.842 bits per heavy atom. The van der Waals surface area contributed by atoms with Crippen molar-refractivity contribution in [2.45, 2.75) is 91.9 Å². The van der Waals surface area contributed by atoms with Gasteiger partial charge < -0.3 is 29.2 Å². The summed E-state index contributed by atoms with van der Waals surface area (Å²) in [5.41, 5.74) is 13.3. The topological polar surface area (TPSA) is 247 Å². The highest BCUT2D eigenvalue weighted by molar-refractivity contribution is 5.83. The second-order valence-corrected chi connectivity index (χ2v) is 20.4. The van der Waals surface area contributed by atoms with Crippen LogP contribution in [-0.2, 0) is 55.6 Å². The Kier molecular flexibility index (Phi) is 17.1. The van der Waals surface area contributed by atoms with Crippen LogP contribution in [-0.4, -0.2) is 70.9 Å². The molecule has 0 radical (unpaired) electrons. The van der Waals surface area contributed by atoms with Crippen molar-refractivity contribution in [2.75, 3.05) is 37.3 Å². The van der Waals surface area contributed by atoms with Crippen LogP contribution in [0.4, 0.5) is 22.7 Å². The smallest absolute Gasteiger partial charge is 0.344 e. The number of carbonyl (C=O) groups is 2. The first-order valence-corrected chi connectivity index (χ1v) is 24.8. The van der Waals surface area contributed by atoms with Crippen LogP contribution in [0.25, 0.3) is 0 Å². The second kappa shape index (κ2) is 23.6. The molecule has 7 rings (SSSR count). The minimum absolute atomic E-state index is 0.0280. The van der Waals surface area contributed by atoms with Crippen molar-refractivity contribution in [3.05, 3.63) is 184 Å². The van der Waals surface area contributed by atoms with Crippen molar-refractivity contribution in [3.63, 3.8) is 0 Å². The van der Waals surface area contributed by atoms with E-state index in [2.05, 4.69) is 62.6 Å². The van der Waals surface area contributed by atoms with Crippen LogP contribution in [0, 0.1) is 20.2 Å². The van der Waals surface area contributed by atoms with Crippen LogP contribution in [0.3, 0.4) is 0 Å². The van der Waals surface area contributed by atoms with Crippen LogP contribution in [0.15, 0.2) is 107 Å². The van der Waals surface area contributed by atoms with E-state index >= 15 is 0 Å². The number of hydrazone groups is 2. The van der Waals surface area contributed by atoms with Gasteiger partial charge in [-0.2, -0.15) is 10.2 Å². The number of nitro groups is 2. The number of hydrogen-bond donors (Lipinski definition) is 4. The van der Waals surface area contributed by atoms with Crippen LogP contribution in [0.2, 0.25) is 0 Å². The number of nitro benzene ring substituents is 2. The molecule has 6 aromatic rings. The maximum Gasteiger partial charge on any atom is 0.344 e. The van der Waals surface area contributed by atoms with Crippen molar-refractivity contribution in [2.24, 2.45) is 10.2 Å². The van der Waals surface area contributed by atoms with Crippen molar-refractivity contribution in [3.8, 4) is 23.0 Å². The molecule has 0 fully saturated rings. The SMILES string of the molecule is CCOC(=O)COc1c2cc(C(C)(C)C)cc1Cc1cc(C=NNc3ccc([N+](=O)[O-])cc3)cc(c1O)Cc1cc(C(C)(C)C)cc(c1OCC(=O)OCC)Cc1cc(C=NNc3ccc([N+](=O)[O-])cc3)cc(c1O)C2. The number of anilines is 2. The first kappa shape index (κ1) is 55.0. The molecule has 0 atom stereocenters. The highest BCUT2D eigenvalue weighted by Gasteiger charge is 2.27. The first-order chi connectivity index (χ1) is 36.1.